The molecule has 4 rings (SSSR count). The zero-order chi connectivity index (χ0) is 15.8. The van der Waals surface area contributed by atoms with Gasteiger partial charge in [0.15, 0.2) is 0 Å². The van der Waals surface area contributed by atoms with Crippen LogP contribution in [0.1, 0.15) is 30.3 Å². The van der Waals surface area contributed by atoms with Gasteiger partial charge in [0.2, 0.25) is 17.7 Å². The Balaban J connectivity index is 1.42. The van der Waals surface area contributed by atoms with Crippen molar-refractivity contribution in [3.63, 3.8) is 0 Å². The standard InChI is InChI=1S/C15H15N5O2S/c1-20-13(9-4-5-9)18-19-15(20)17-12(21)7-10-8-22-14(16-10)11-3-2-6-23-11/h2-3,6,8-9H,4-5,7H2,1H3,(H,17,19,21). The Morgan fingerprint density at radius 2 is 2.35 bits per heavy atom. The van der Waals surface area contributed by atoms with E-state index in [9.17, 15) is 4.79 Å². The number of anilines is 1. The first-order chi connectivity index (χ1) is 11.2. The van der Waals surface area contributed by atoms with Crippen molar-refractivity contribution in [3.8, 4) is 10.8 Å². The average molecular weight is 329 g/mol. The highest BCUT2D eigenvalue weighted by Gasteiger charge is 2.29. The third kappa shape index (κ3) is 2.89. The summed E-state index contributed by atoms with van der Waals surface area (Å²) in [4.78, 5) is 17.4. The Bertz CT molecular complexity index is 832. The first-order valence-corrected chi connectivity index (χ1v) is 8.26. The summed E-state index contributed by atoms with van der Waals surface area (Å²) in [5, 5.41) is 12.9. The molecule has 3 aromatic heterocycles. The molecule has 0 radical (unpaired) electrons. The van der Waals surface area contributed by atoms with Crippen molar-refractivity contribution in [1.29, 1.82) is 0 Å². The highest BCUT2D eigenvalue weighted by Crippen LogP contribution is 2.39. The molecule has 0 saturated heterocycles. The SMILES string of the molecule is Cn1c(NC(=O)Cc2coc(-c3cccs3)n2)nnc1C1CC1. The fourth-order valence-corrected chi connectivity index (χ4v) is 3.04. The normalized spacial score (nSPS) is 14.1. The Morgan fingerprint density at radius 1 is 1.48 bits per heavy atom. The third-order valence-electron chi connectivity index (χ3n) is 3.73. The molecule has 3 aromatic rings. The summed E-state index contributed by atoms with van der Waals surface area (Å²) in [5.41, 5.74) is 0.593. The van der Waals surface area contributed by atoms with Crippen LogP contribution in [0, 0.1) is 0 Å². The Hall–Kier alpha value is -2.48. The molecule has 1 amide bonds. The summed E-state index contributed by atoms with van der Waals surface area (Å²) in [7, 11) is 1.87. The van der Waals surface area contributed by atoms with Crippen LogP contribution < -0.4 is 5.32 Å². The second kappa shape index (κ2) is 5.62. The number of amides is 1. The van der Waals surface area contributed by atoms with E-state index in [-0.39, 0.29) is 12.3 Å². The highest BCUT2D eigenvalue weighted by atomic mass is 32.1. The van der Waals surface area contributed by atoms with Crippen LogP contribution >= 0.6 is 11.3 Å². The van der Waals surface area contributed by atoms with Gasteiger partial charge in [-0.05, 0) is 24.3 Å². The summed E-state index contributed by atoms with van der Waals surface area (Å²) in [6, 6.07) is 3.86. The molecule has 8 heteroatoms. The molecule has 23 heavy (non-hydrogen) atoms. The molecule has 7 nitrogen and oxygen atoms in total. The van der Waals surface area contributed by atoms with Crippen LogP contribution in [0.3, 0.4) is 0 Å². The lowest BCUT2D eigenvalue weighted by Crippen LogP contribution is -2.17. The van der Waals surface area contributed by atoms with Crippen molar-refractivity contribution in [2.45, 2.75) is 25.2 Å². The van der Waals surface area contributed by atoms with Gasteiger partial charge in [0, 0.05) is 13.0 Å². The van der Waals surface area contributed by atoms with Gasteiger partial charge >= 0.3 is 0 Å². The molecule has 118 valence electrons. The number of hydrogen-bond donors (Lipinski definition) is 1. The minimum Gasteiger partial charge on any atom is -0.444 e. The number of nitrogens with one attached hydrogen (secondary N) is 1. The van der Waals surface area contributed by atoms with Gasteiger partial charge in [-0.25, -0.2) is 4.98 Å². The summed E-state index contributed by atoms with van der Waals surface area (Å²) < 4.78 is 7.26. The molecule has 1 N–H and O–H groups in total. The van der Waals surface area contributed by atoms with Gasteiger partial charge < -0.3 is 8.98 Å². The van der Waals surface area contributed by atoms with Crippen LogP contribution in [0.15, 0.2) is 28.2 Å². The number of hydrogen-bond acceptors (Lipinski definition) is 6. The fourth-order valence-electron chi connectivity index (χ4n) is 2.38. The molecule has 1 saturated carbocycles. The molecule has 0 bridgehead atoms. The predicted molar refractivity (Wildman–Crippen MR) is 85.1 cm³/mol. The number of thiophene rings is 1. The van der Waals surface area contributed by atoms with Gasteiger partial charge in [0.05, 0.1) is 17.0 Å². The number of rotatable bonds is 5. The molecular weight excluding hydrogens is 314 g/mol. The average Bonchev–Trinajstić information content (AvgIpc) is 2.93. The maximum absolute atomic E-state index is 12.2. The van der Waals surface area contributed by atoms with E-state index in [4.69, 9.17) is 4.42 Å². The van der Waals surface area contributed by atoms with E-state index in [2.05, 4.69) is 20.5 Å². The summed E-state index contributed by atoms with van der Waals surface area (Å²) >= 11 is 1.55. The Labute approximate surface area is 136 Å². The lowest BCUT2D eigenvalue weighted by atomic mass is 10.3. The molecule has 0 spiro atoms. The lowest BCUT2D eigenvalue weighted by molar-refractivity contribution is -0.115. The highest BCUT2D eigenvalue weighted by molar-refractivity contribution is 7.13. The van der Waals surface area contributed by atoms with Gasteiger partial charge in [0.25, 0.3) is 0 Å². The van der Waals surface area contributed by atoms with E-state index in [0.717, 1.165) is 23.5 Å². The van der Waals surface area contributed by atoms with E-state index < -0.39 is 0 Å². The van der Waals surface area contributed by atoms with Crippen molar-refractivity contribution in [2.24, 2.45) is 7.05 Å². The number of oxazole rings is 1. The summed E-state index contributed by atoms with van der Waals surface area (Å²) in [6.45, 7) is 0. The Kier molecular flexibility index (Phi) is 3.45. The van der Waals surface area contributed by atoms with Crippen molar-refractivity contribution in [3.05, 3.63) is 35.3 Å². The monoisotopic (exact) mass is 329 g/mol. The van der Waals surface area contributed by atoms with Crippen LogP contribution in [-0.2, 0) is 18.3 Å². The van der Waals surface area contributed by atoms with Crippen molar-refractivity contribution >= 4 is 23.2 Å². The van der Waals surface area contributed by atoms with Crippen molar-refractivity contribution in [2.75, 3.05) is 5.32 Å². The van der Waals surface area contributed by atoms with Crippen LogP contribution in [0.2, 0.25) is 0 Å². The van der Waals surface area contributed by atoms with Gasteiger partial charge in [0.1, 0.15) is 12.1 Å². The molecule has 1 fully saturated rings. The molecule has 1 aliphatic rings. The Morgan fingerprint density at radius 3 is 3.09 bits per heavy atom. The molecule has 0 atom stereocenters. The number of aromatic nitrogens is 4. The second-order valence-corrected chi connectivity index (χ2v) is 6.51. The summed E-state index contributed by atoms with van der Waals surface area (Å²) in [6.07, 6.45) is 3.94. The lowest BCUT2D eigenvalue weighted by Gasteiger charge is -2.04. The van der Waals surface area contributed by atoms with Crippen molar-refractivity contribution < 1.29 is 9.21 Å². The van der Waals surface area contributed by atoms with Gasteiger partial charge in [-0.1, -0.05) is 6.07 Å². The van der Waals surface area contributed by atoms with Crippen LogP contribution in [0.5, 0.6) is 0 Å². The smallest absolute Gasteiger partial charge is 0.236 e. The predicted octanol–water partition coefficient (Wildman–Crippen LogP) is 2.59. The minimum atomic E-state index is -0.186. The zero-order valence-electron chi connectivity index (χ0n) is 12.5. The van der Waals surface area contributed by atoms with Gasteiger partial charge in [-0.15, -0.1) is 21.5 Å². The molecule has 0 aliphatic heterocycles. The van der Waals surface area contributed by atoms with E-state index >= 15 is 0 Å². The topological polar surface area (TPSA) is 85.8 Å². The molecule has 0 unspecified atom stereocenters. The minimum absolute atomic E-state index is 0.139. The van der Waals surface area contributed by atoms with Gasteiger partial charge in [-0.3, -0.25) is 10.1 Å². The first kappa shape index (κ1) is 14.1. The van der Waals surface area contributed by atoms with E-state index in [0.29, 0.717) is 23.5 Å². The maximum Gasteiger partial charge on any atom is 0.236 e. The van der Waals surface area contributed by atoms with Crippen LogP contribution in [-0.4, -0.2) is 25.7 Å². The maximum atomic E-state index is 12.2. The van der Waals surface area contributed by atoms with E-state index in [1.807, 2.05) is 29.1 Å². The molecule has 0 aromatic carbocycles. The fraction of sp³-hybridized carbons (Fsp3) is 0.333. The second-order valence-electron chi connectivity index (χ2n) is 5.56. The van der Waals surface area contributed by atoms with E-state index in [1.165, 1.54) is 6.26 Å². The third-order valence-corrected chi connectivity index (χ3v) is 4.59. The molecular formula is C15H15N5O2S. The van der Waals surface area contributed by atoms with Crippen LogP contribution in [0.25, 0.3) is 10.8 Å². The van der Waals surface area contributed by atoms with E-state index in [1.54, 1.807) is 11.3 Å². The summed E-state index contributed by atoms with van der Waals surface area (Å²) in [5.74, 6) is 2.24. The number of carbonyl (C=O) groups is 1. The molecule has 3 heterocycles. The number of nitrogens with zero attached hydrogens (tertiary/aromatic N) is 4. The largest absolute Gasteiger partial charge is 0.444 e. The number of carbonyl (C=O) groups excluding carboxylic acids is 1. The van der Waals surface area contributed by atoms with Gasteiger partial charge in [-0.2, -0.15) is 0 Å². The van der Waals surface area contributed by atoms with Crippen molar-refractivity contribution in [1.82, 2.24) is 19.7 Å². The molecule has 1 aliphatic carbocycles. The van der Waals surface area contributed by atoms with Crippen LogP contribution in [0.4, 0.5) is 5.95 Å². The quantitative estimate of drug-likeness (QED) is 0.777. The first-order valence-electron chi connectivity index (χ1n) is 7.38. The zero-order valence-corrected chi connectivity index (χ0v) is 13.3.